The lowest BCUT2D eigenvalue weighted by atomic mass is 9.96. The van der Waals surface area contributed by atoms with Crippen molar-refractivity contribution in [2.24, 2.45) is 7.05 Å². The van der Waals surface area contributed by atoms with Crippen LogP contribution in [0.1, 0.15) is 26.6 Å². The lowest BCUT2D eigenvalue weighted by Gasteiger charge is -2.14. The second kappa shape index (κ2) is 11.8. The number of nitrogens with one attached hydrogen (secondary N) is 3. The minimum atomic E-state index is -0.439. The Morgan fingerprint density at radius 1 is 1.02 bits per heavy atom. The van der Waals surface area contributed by atoms with Crippen LogP contribution in [0.3, 0.4) is 0 Å². The molecule has 0 fully saturated rings. The number of carbonyl (C=O) groups excluding carboxylic acids is 1. The number of hydrogen-bond donors (Lipinski definition) is 4. The third-order valence-electron chi connectivity index (χ3n) is 6.40. The molecule has 3 heterocycles. The maximum atomic E-state index is 13.0. The zero-order chi connectivity index (χ0) is 29.9. The van der Waals surface area contributed by atoms with E-state index in [9.17, 15) is 4.79 Å². The summed E-state index contributed by atoms with van der Waals surface area (Å²) >= 11 is 0. The third kappa shape index (κ3) is 6.13. The van der Waals surface area contributed by atoms with E-state index in [2.05, 4.69) is 30.7 Å². The van der Waals surface area contributed by atoms with Crippen LogP contribution in [-0.2, 0) is 12.5 Å². The summed E-state index contributed by atoms with van der Waals surface area (Å²) in [6, 6.07) is 13.7. The molecule has 0 atom stereocenters. The number of urea groups is 1. The number of aromatic amines is 1. The van der Waals surface area contributed by atoms with Crippen LogP contribution in [0, 0.1) is 0 Å². The summed E-state index contributed by atoms with van der Waals surface area (Å²) < 4.78 is 18.9. The van der Waals surface area contributed by atoms with E-state index in [4.69, 9.17) is 19.3 Å². The fraction of sp³-hybridized carbons (Fsp3) is 0.267. The Morgan fingerprint density at radius 3 is 2.48 bits per heavy atom. The van der Waals surface area contributed by atoms with Crippen LogP contribution < -0.4 is 24.8 Å². The van der Waals surface area contributed by atoms with Gasteiger partial charge in [-0.2, -0.15) is 5.10 Å². The maximum Gasteiger partial charge on any atom is 0.324 e. The molecule has 0 aliphatic rings. The average molecular weight is 572 g/mol. The number of aliphatic hydroxyl groups is 1. The van der Waals surface area contributed by atoms with Crippen LogP contribution in [-0.4, -0.2) is 56.2 Å². The van der Waals surface area contributed by atoms with E-state index in [1.54, 1.807) is 66.6 Å². The Morgan fingerprint density at radius 2 is 1.81 bits per heavy atom. The molecule has 2 aromatic carbocycles. The van der Waals surface area contributed by atoms with Crippen molar-refractivity contribution in [3.05, 3.63) is 66.7 Å². The Kier molecular flexibility index (Phi) is 7.98. The van der Waals surface area contributed by atoms with Gasteiger partial charge in [-0.15, -0.1) is 0 Å². The molecule has 0 radical (unpaired) electrons. The van der Waals surface area contributed by atoms with Crippen LogP contribution in [0.5, 0.6) is 23.0 Å². The van der Waals surface area contributed by atoms with Crippen LogP contribution in [0.25, 0.3) is 22.3 Å². The van der Waals surface area contributed by atoms with Gasteiger partial charge < -0.3 is 29.6 Å². The number of fused-ring (bicyclic) bond motifs is 1. The minimum absolute atomic E-state index is 0.113. The van der Waals surface area contributed by atoms with Crippen LogP contribution in [0.2, 0.25) is 0 Å². The first kappa shape index (κ1) is 28.4. The van der Waals surface area contributed by atoms with Gasteiger partial charge in [-0.05, 0) is 42.5 Å². The van der Waals surface area contributed by atoms with Gasteiger partial charge in [-0.25, -0.2) is 9.78 Å². The number of pyridine rings is 1. The molecular weight excluding hydrogens is 538 g/mol. The average Bonchev–Trinajstić information content (AvgIpc) is 3.58. The number of imidazole rings is 1. The Bertz CT molecular complexity index is 1700. The van der Waals surface area contributed by atoms with Crippen LogP contribution in [0.15, 0.2) is 60.9 Å². The number of aliphatic hydroxyl groups excluding tert-OH is 1. The summed E-state index contributed by atoms with van der Waals surface area (Å²) in [6.45, 7) is 6.16. The van der Waals surface area contributed by atoms with Crippen molar-refractivity contribution >= 4 is 28.4 Å². The monoisotopic (exact) mass is 571 g/mol. The molecule has 0 bridgehead atoms. The molecule has 0 aliphatic carbocycles. The summed E-state index contributed by atoms with van der Waals surface area (Å²) in [4.78, 5) is 25.4. The Hall–Kier alpha value is -5.10. The predicted octanol–water partition coefficient (Wildman–Crippen LogP) is 5.47. The van der Waals surface area contributed by atoms with Crippen molar-refractivity contribution in [1.29, 1.82) is 0 Å². The minimum Gasteiger partial charge on any atom is -0.493 e. The summed E-state index contributed by atoms with van der Waals surface area (Å²) in [7, 11) is 3.37. The fourth-order valence-corrected chi connectivity index (χ4v) is 4.27. The summed E-state index contributed by atoms with van der Waals surface area (Å²) in [6.07, 6.45) is 3.33. The van der Waals surface area contributed by atoms with Crippen LogP contribution in [0.4, 0.5) is 16.3 Å². The quantitative estimate of drug-likeness (QED) is 0.182. The summed E-state index contributed by atoms with van der Waals surface area (Å²) in [5.41, 5.74) is 2.44. The highest BCUT2D eigenvalue weighted by molar-refractivity contribution is 6.01. The number of anilines is 2. The van der Waals surface area contributed by atoms with E-state index in [1.165, 1.54) is 0 Å². The van der Waals surface area contributed by atoms with Gasteiger partial charge in [-0.1, -0.05) is 20.8 Å². The number of aromatic nitrogens is 5. The highest BCUT2D eigenvalue weighted by atomic mass is 16.5. The molecule has 4 N–H and O–H groups in total. The van der Waals surface area contributed by atoms with Crippen molar-refractivity contribution in [2.75, 3.05) is 31.0 Å². The zero-order valence-electron chi connectivity index (χ0n) is 24.1. The maximum absolute atomic E-state index is 13.0. The molecule has 3 aromatic heterocycles. The lowest BCUT2D eigenvalue weighted by Crippen LogP contribution is -2.20. The second-order valence-corrected chi connectivity index (χ2v) is 10.5. The molecule has 12 heteroatoms. The van der Waals surface area contributed by atoms with Crippen molar-refractivity contribution < 1.29 is 24.1 Å². The first-order chi connectivity index (χ1) is 20.2. The summed E-state index contributed by atoms with van der Waals surface area (Å²) in [5, 5.41) is 19.8. The lowest BCUT2D eigenvalue weighted by molar-refractivity contribution is 0.196. The van der Waals surface area contributed by atoms with Crippen molar-refractivity contribution in [1.82, 2.24) is 24.7 Å². The number of benzene rings is 2. The molecule has 218 valence electrons. The van der Waals surface area contributed by atoms with E-state index < -0.39 is 6.03 Å². The zero-order valence-corrected chi connectivity index (χ0v) is 24.1. The number of rotatable bonds is 9. The van der Waals surface area contributed by atoms with Gasteiger partial charge in [0.25, 0.3) is 0 Å². The molecule has 5 aromatic rings. The van der Waals surface area contributed by atoms with E-state index in [0.29, 0.717) is 45.7 Å². The van der Waals surface area contributed by atoms with Gasteiger partial charge in [0, 0.05) is 42.0 Å². The molecule has 42 heavy (non-hydrogen) atoms. The first-order valence-electron chi connectivity index (χ1n) is 13.3. The highest BCUT2D eigenvalue weighted by Crippen LogP contribution is 2.37. The van der Waals surface area contributed by atoms with Gasteiger partial charge in [-0.3, -0.25) is 15.0 Å². The SMILES string of the molecule is COc1cc2c(Oc3ccc(NC(=O)Nc4nc(C(C)(C)C)[nH]c4-c4ccnn4C)cc3)ccnc2cc1OCCO. The molecule has 0 saturated carbocycles. The first-order valence-corrected chi connectivity index (χ1v) is 13.3. The molecule has 0 spiro atoms. The number of ether oxygens (including phenoxy) is 3. The second-order valence-electron chi connectivity index (χ2n) is 10.5. The number of nitrogens with zero attached hydrogens (tertiary/aromatic N) is 4. The molecule has 2 amide bonds. The normalized spacial score (nSPS) is 11.4. The summed E-state index contributed by atoms with van der Waals surface area (Å²) in [5.74, 6) is 3.26. The third-order valence-corrected chi connectivity index (χ3v) is 6.40. The molecule has 5 rings (SSSR count). The number of hydrogen-bond acceptors (Lipinski definition) is 8. The predicted molar refractivity (Wildman–Crippen MR) is 160 cm³/mol. The molecule has 0 unspecified atom stereocenters. The van der Waals surface area contributed by atoms with Gasteiger partial charge in [0.2, 0.25) is 0 Å². The largest absolute Gasteiger partial charge is 0.493 e. The molecule has 0 aliphatic heterocycles. The number of carbonyl (C=O) groups is 1. The number of H-pyrrole nitrogens is 1. The van der Waals surface area contributed by atoms with Gasteiger partial charge in [0.1, 0.15) is 29.6 Å². The number of methoxy groups -OCH3 is 1. The van der Waals surface area contributed by atoms with Gasteiger partial charge in [0.05, 0.1) is 24.9 Å². The highest BCUT2D eigenvalue weighted by Gasteiger charge is 2.24. The smallest absolute Gasteiger partial charge is 0.324 e. The number of aryl methyl sites for hydroxylation is 1. The van der Waals surface area contributed by atoms with Crippen molar-refractivity contribution in [3.63, 3.8) is 0 Å². The van der Waals surface area contributed by atoms with Crippen molar-refractivity contribution in [3.8, 4) is 34.4 Å². The van der Waals surface area contributed by atoms with Crippen molar-refractivity contribution in [2.45, 2.75) is 26.2 Å². The number of amides is 2. The molecule has 12 nitrogen and oxygen atoms in total. The Labute approximate surface area is 242 Å². The topological polar surface area (TPSA) is 148 Å². The van der Waals surface area contributed by atoms with E-state index >= 15 is 0 Å². The molecule has 0 saturated heterocycles. The van der Waals surface area contributed by atoms with E-state index in [1.807, 2.05) is 33.9 Å². The van der Waals surface area contributed by atoms with E-state index in [0.717, 1.165) is 16.9 Å². The van der Waals surface area contributed by atoms with E-state index in [-0.39, 0.29) is 18.6 Å². The van der Waals surface area contributed by atoms with Gasteiger partial charge >= 0.3 is 6.03 Å². The molecular formula is C30H33N7O5. The van der Waals surface area contributed by atoms with Gasteiger partial charge in [0.15, 0.2) is 17.3 Å². The standard InChI is InChI=1S/C30H33N7O5/c1-30(2,3)28-34-26(22-10-13-32-37(22)4)27(35-28)36-29(39)33-18-6-8-19(9-7-18)42-23-11-12-31-21-17-25(41-15-14-38)24(40-5)16-20(21)23/h6-13,16-17,38H,14-15H2,1-5H3,(H,34,35)(H2,33,36,39). The van der Waals surface area contributed by atoms with Crippen LogP contribution >= 0.6 is 0 Å². The Balaban J connectivity index is 1.30. The fourth-order valence-electron chi connectivity index (χ4n) is 4.27.